The van der Waals surface area contributed by atoms with Crippen molar-refractivity contribution >= 4 is 0 Å². The third kappa shape index (κ3) is 20.2. The molecule has 9 aromatic rings. The molecule has 12 rings (SSSR count). The second-order valence-corrected chi connectivity index (χ2v) is 24.4. The summed E-state index contributed by atoms with van der Waals surface area (Å²) in [7, 11) is 0. The van der Waals surface area contributed by atoms with Gasteiger partial charge < -0.3 is 76.5 Å². The minimum absolute atomic E-state index is 0.0398. The first-order valence-electron chi connectivity index (χ1n) is 33.4. The molecule has 0 aliphatic carbocycles. The molecule has 3 saturated heterocycles. The van der Waals surface area contributed by atoms with Crippen LogP contribution in [-0.2, 0) is 126 Å². The van der Waals surface area contributed by atoms with Gasteiger partial charge in [-0.05, 0) is 50.1 Å². The van der Waals surface area contributed by atoms with Crippen LogP contribution in [0.5, 0.6) is 0 Å². The van der Waals surface area contributed by atoms with E-state index in [-0.39, 0.29) is 79.3 Å². The van der Waals surface area contributed by atoms with Crippen molar-refractivity contribution in [2.45, 2.75) is 152 Å². The molecule has 0 saturated carbocycles. The summed E-state index contributed by atoms with van der Waals surface area (Å²) in [6.45, 7) is 1.18. The van der Waals surface area contributed by atoms with E-state index in [2.05, 4.69) is 0 Å². The molecular weight excluding hydrogens is 1230 g/mol. The molecule has 0 spiro atoms. The summed E-state index contributed by atoms with van der Waals surface area (Å²) in [6.07, 6.45) is -17.1. The lowest BCUT2D eigenvalue weighted by molar-refractivity contribution is -0.393. The van der Waals surface area contributed by atoms with Crippen molar-refractivity contribution in [1.29, 1.82) is 0 Å². The number of ether oxygens (including phenoxy) is 14. The van der Waals surface area contributed by atoms with E-state index in [0.717, 1.165) is 50.1 Å². The van der Waals surface area contributed by atoms with Crippen LogP contribution in [0.1, 0.15) is 50.1 Å². The van der Waals surface area contributed by atoms with Crippen LogP contribution in [0.2, 0.25) is 0 Å². The van der Waals surface area contributed by atoms with Gasteiger partial charge in [-0.1, -0.05) is 273 Å². The predicted octanol–water partition coefficient (Wildman–Crippen LogP) is 12.4. The average Bonchev–Trinajstić information content (AvgIpc) is 0.774. The first kappa shape index (κ1) is 69.2. The van der Waals surface area contributed by atoms with Crippen molar-refractivity contribution in [2.75, 3.05) is 19.8 Å². The molecule has 506 valence electrons. The van der Waals surface area contributed by atoms with Gasteiger partial charge in [0.05, 0.1) is 79.3 Å². The van der Waals surface area contributed by atoms with Crippen LogP contribution in [-0.4, -0.2) is 122 Å². The van der Waals surface area contributed by atoms with E-state index in [1.807, 2.05) is 273 Å². The molecule has 3 heterocycles. The topological polar surface area (TPSA) is 170 Å². The maximum absolute atomic E-state index is 12.7. The second-order valence-electron chi connectivity index (χ2n) is 24.4. The monoisotopic (exact) mass is 1310 g/mol. The van der Waals surface area contributed by atoms with Gasteiger partial charge in [0, 0.05) is 0 Å². The molecule has 0 aromatic heterocycles. The largest absolute Gasteiger partial charge is 0.387 e. The molecule has 3 fully saturated rings. The van der Waals surface area contributed by atoms with Gasteiger partial charge in [0.25, 0.3) is 0 Å². The Bertz CT molecular complexity index is 3600. The molecule has 2 N–H and O–H groups in total. The van der Waals surface area contributed by atoms with Crippen molar-refractivity contribution in [3.8, 4) is 0 Å². The van der Waals surface area contributed by atoms with Crippen molar-refractivity contribution in [3.63, 3.8) is 0 Å². The zero-order valence-corrected chi connectivity index (χ0v) is 54.2. The van der Waals surface area contributed by atoms with Crippen molar-refractivity contribution in [2.24, 2.45) is 0 Å². The van der Waals surface area contributed by atoms with Crippen molar-refractivity contribution in [3.05, 3.63) is 323 Å². The number of benzene rings is 9. The highest BCUT2D eigenvalue weighted by molar-refractivity contribution is 5.21. The van der Waals surface area contributed by atoms with Crippen molar-refractivity contribution < 1.29 is 76.5 Å². The van der Waals surface area contributed by atoms with Crippen LogP contribution in [0, 0.1) is 0 Å². The fraction of sp³-hybridized carbons (Fsp3) is 0.333. The Kier molecular flexibility index (Phi) is 26.3. The third-order valence-electron chi connectivity index (χ3n) is 17.3. The van der Waals surface area contributed by atoms with Crippen LogP contribution in [0.4, 0.5) is 0 Å². The summed E-state index contributed by atoms with van der Waals surface area (Å²) >= 11 is 0. The molecule has 9 aromatic carbocycles. The Balaban J connectivity index is 0.959. The Hall–Kier alpha value is -7.66. The van der Waals surface area contributed by atoms with Gasteiger partial charge in [-0.15, -0.1) is 0 Å². The highest BCUT2D eigenvalue weighted by Gasteiger charge is 2.57. The summed E-state index contributed by atoms with van der Waals surface area (Å²) in [4.78, 5) is 0. The molecular formula is C81H86O16. The molecule has 3 aliphatic heterocycles. The van der Waals surface area contributed by atoms with E-state index >= 15 is 0 Å². The molecule has 16 nitrogen and oxygen atoms in total. The minimum Gasteiger partial charge on any atom is -0.387 e. The maximum Gasteiger partial charge on any atom is 0.187 e. The van der Waals surface area contributed by atoms with E-state index in [1.54, 1.807) is 0 Å². The van der Waals surface area contributed by atoms with Gasteiger partial charge in [-0.25, -0.2) is 0 Å². The molecule has 16 heteroatoms. The fourth-order valence-corrected chi connectivity index (χ4v) is 12.2. The van der Waals surface area contributed by atoms with Crippen LogP contribution in [0.3, 0.4) is 0 Å². The summed E-state index contributed by atoms with van der Waals surface area (Å²) in [5.74, 6) is 0. The van der Waals surface area contributed by atoms with E-state index < -0.39 is 92.1 Å². The van der Waals surface area contributed by atoms with Crippen LogP contribution in [0.15, 0.2) is 273 Å². The summed E-state index contributed by atoms with van der Waals surface area (Å²) < 4.78 is 98.6. The van der Waals surface area contributed by atoms with Gasteiger partial charge in [0.15, 0.2) is 18.9 Å². The first-order chi connectivity index (χ1) is 47.9. The number of hydrogen-bond acceptors (Lipinski definition) is 16. The highest BCUT2D eigenvalue weighted by atomic mass is 16.8. The molecule has 3 aliphatic rings. The first-order valence-corrected chi connectivity index (χ1v) is 33.4. The summed E-state index contributed by atoms with van der Waals surface area (Å²) in [6, 6.07) is 88.3. The zero-order valence-electron chi connectivity index (χ0n) is 54.2. The Morgan fingerprint density at radius 3 is 0.773 bits per heavy atom. The SMILES string of the molecule is OC1O[C@H](COCc2ccccc2)[C@@H](O[C@H]2O[C@H](COCc3ccccc3)[C@@H](O[C@H]3O[C@H](COCc4ccccc4)[C@@H](O)[C@H](OCc4ccccc4)[C@H]3OCc3ccccc3)[C@H](OCc3ccccc3)[C@H]2OCc2ccccc2)[C@H](OCc2ccccc2)[C@H]1OCc1ccccc1. The average molecular weight is 1320 g/mol. The summed E-state index contributed by atoms with van der Waals surface area (Å²) in [5.41, 5.74) is 8.06. The molecule has 0 radical (unpaired) electrons. The number of rotatable bonds is 34. The summed E-state index contributed by atoms with van der Waals surface area (Å²) in [5, 5.41) is 25.0. The van der Waals surface area contributed by atoms with Crippen LogP contribution >= 0.6 is 0 Å². The number of aliphatic hydroxyl groups is 2. The van der Waals surface area contributed by atoms with Crippen LogP contribution in [0.25, 0.3) is 0 Å². The lowest BCUT2D eigenvalue weighted by atomic mass is 9.95. The van der Waals surface area contributed by atoms with Gasteiger partial charge in [0.2, 0.25) is 0 Å². The van der Waals surface area contributed by atoms with E-state index in [4.69, 9.17) is 66.3 Å². The maximum atomic E-state index is 12.7. The molecule has 15 atom stereocenters. The zero-order chi connectivity index (χ0) is 66.1. The Labute approximate surface area is 568 Å². The third-order valence-corrected chi connectivity index (χ3v) is 17.3. The van der Waals surface area contributed by atoms with E-state index in [0.29, 0.717) is 0 Å². The quantitative estimate of drug-likeness (QED) is 0.0390. The molecule has 97 heavy (non-hydrogen) atoms. The van der Waals surface area contributed by atoms with E-state index in [1.165, 1.54) is 0 Å². The molecule has 0 bridgehead atoms. The van der Waals surface area contributed by atoms with Gasteiger partial charge in [-0.3, -0.25) is 0 Å². The van der Waals surface area contributed by atoms with Crippen LogP contribution < -0.4 is 0 Å². The number of aliphatic hydroxyl groups excluding tert-OH is 2. The van der Waals surface area contributed by atoms with Gasteiger partial charge in [0.1, 0.15) is 73.2 Å². The standard InChI is InChI=1S/C81H86O16/c82-70-67(55-84-46-58-28-10-1-11-29-58)94-80(77(91-53-65-42-24-8-25-43-65)73(70)87-49-61-34-16-4-17-35-61)97-72-69(57-86-48-60-32-14-3-15-33-60)95-81(78(92-54-66-44-26-9-27-45-66)75(72)89-51-63-38-20-6-21-39-63)96-71-68(56-85-47-59-30-12-2-13-31-59)93-79(83)76(90-52-64-40-22-7-23-41-64)74(71)88-50-62-36-18-5-19-37-62/h1-45,67-83H,46-57H2/t67-,68-,69-,70-,71-,72-,73+,74+,75+,76-,77-,78-,79?,80-,81-/m1/s1. The molecule has 0 amide bonds. The van der Waals surface area contributed by atoms with Crippen molar-refractivity contribution in [1.82, 2.24) is 0 Å². The predicted molar refractivity (Wildman–Crippen MR) is 362 cm³/mol. The lowest BCUT2D eigenvalue weighted by Gasteiger charge is -2.51. The smallest absolute Gasteiger partial charge is 0.187 e. The van der Waals surface area contributed by atoms with Gasteiger partial charge in [-0.2, -0.15) is 0 Å². The lowest BCUT2D eigenvalue weighted by Crippen LogP contribution is -2.68. The van der Waals surface area contributed by atoms with E-state index in [9.17, 15) is 10.2 Å². The second kappa shape index (κ2) is 36.8. The van der Waals surface area contributed by atoms with Gasteiger partial charge >= 0.3 is 0 Å². The fourth-order valence-electron chi connectivity index (χ4n) is 12.2. The highest BCUT2D eigenvalue weighted by Crippen LogP contribution is 2.39. The normalized spacial score (nSPS) is 25.7. The Morgan fingerprint density at radius 2 is 0.454 bits per heavy atom. The Morgan fingerprint density at radius 1 is 0.227 bits per heavy atom. The molecule has 1 unspecified atom stereocenters. The number of hydrogen-bond donors (Lipinski definition) is 2. The minimum atomic E-state index is -1.50.